The number of fused-ring (bicyclic) bond motifs is 1. The van der Waals surface area contributed by atoms with E-state index >= 15 is 0 Å². The number of carbonyl (C=O) groups excluding carboxylic acids is 2. The minimum Gasteiger partial charge on any atom is -0.508 e. The van der Waals surface area contributed by atoms with Crippen LogP contribution >= 0.6 is 0 Å². The van der Waals surface area contributed by atoms with Gasteiger partial charge in [0.25, 0.3) is 5.91 Å². The maximum absolute atomic E-state index is 13.6. The number of benzene rings is 2. The molecule has 7 heteroatoms. The Kier molecular flexibility index (Phi) is 4.70. The Bertz CT molecular complexity index is 1070. The normalized spacial score (nSPS) is 12.2. The zero-order chi connectivity index (χ0) is 19.9. The number of nitrogens with zero attached hydrogens (tertiary/aromatic N) is 1. The van der Waals surface area contributed by atoms with E-state index in [2.05, 4.69) is 5.32 Å². The number of aromatic nitrogens is 1. The molecule has 0 aliphatic heterocycles. The molecule has 3 rings (SSSR count). The van der Waals surface area contributed by atoms with E-state index in [-0.39, 0.29) is 17.2 Å². The molecule has 0 fully saturated rings. The molecule has 140 valence electrons. The van der Waals surface area contributed by atoms with Crippen LogP contribution in [0.15, 0.2) is 36.4 Å². The molecular formula is C20H18F2N2O3. The predicted molar refractivity (Wildman–Crippen MR) is 96.9 cm³/mol. The number of hydrogen-bond acceptors (Lipinski definition) is 3. The van der Waals surface area contributed by atoms with Crippen LogP contribution in [0.3, 0.4) is 0 Å². The van der Waals surface area contributed by atoms with Gasteiger partial charge in [0.15, 0.2) is 11.6 Å². The lowest BCUT2D eigenvalue weighted by Gasteiger charge is -2.12. The highest BCUT2D eigenvalue weighted by Gasteiger charge is 2.26. The molecule has 0 aliphatic rings. The summed E-state index contributed by atoms with van der Waals surface area (Å²) < 4.78 is 28.1. The van der Waals surface area contributed by atoms with Gasteiger partial charge in [-0.05, 0) is 55.8 Å². The number of phenols is 1. The average Bonchev–Trinajstić information content (AvgIpc) is 2.93. The summed E-state index contributed by atoms with van der Waals surface area (Å²) in [5.74, 6) is -3.56. The van der Waals surface area contributed by atoms with Crippen LogP contribution < -0.4 is 5.32 Å². The molecular weight excluding hydrogens is 354 g/mol. The molecule has 0 aliphatic carbocycles. The van der Waals surface area contributed by atoms with Crippen molar-refractivity contribution < 1.29 is 23.5 Å². The molecule has 2 aromatic carbocycles. The van der Waals surface area contributed by atoms with E-state index in [0.717, 1.165) is 12.1 Å². The monoisotopic (exact) mass is 372 g/mol. The van der Waals surface area contributed by atoms with Gasteiger partial charge in [0.2, 0.25) is 5.91 Å². The summed E-state index contributed by atoms with van der Waals surface area (Å²) in [4.78, 5) is 25.2. The first-order chi connectivity index (χ1) is 12.8. The first-order valence-corrected chi connectivity index (χ1v) is 8.31. The number of likely N-dealkylation sites (N-methyl/N-ethyl adjacent to an activating group) is 1. The fourth-order valence-corrected chi connectivity index (χ4v) is 3.34. The molecule has 5 nitrogen and oxygen atoms in total. The fourth-order valence-electron chi connectivity index (χ4n) is 3.34. The smallest absolute Gasteiger partial charge is 0.262 e. The van der Waals surface area contributed by atoms with Gasteiger partial charge in [0.1, 0.15) is 5.75 Å². The fraction of sp³-hybridized carbons (Fsp3) is 0.200. The van der Waals surface area contributed by atoms with E-state index in [0.29, 0.717) is 22.2 Å². The van der Waals surface area contributed by atoms with Gasteiger partial charge in [-0.2, -0.15) is 0 Å². The lowest BCUT2D eigenvalue weighted by atomic mass is 9.97. The maximum Gasteiger partial charge on any atom is 0.262 e. The van der Waals surface area contributed by atoms with E-state index in [1.807, 2.05) is 0 Å². The summed E-state index contributed by atoms with van der Waals surface area (Å²) in [6, 6.07) is 7.38. The number of carbonyl (C=O) groups is 2. The summed E-state index contributed by atoms with van der Waals surface area (Å²) in [7, 11) is 1.51. The van der Waals surface area contributed by atoms with E-state index in [1.54, 1.807) is 19.9 Å². The van der Waals surface area contributed by atoms with E-state index in [9.17, 15) is 23.5 Å². The Morgan fingerprint density at radius 2 is 1.81 bits per heavy atom. The van der Waals surface area contributed by atoms with Crippen LogP contribution in [-0.4, -0.2) is 28.5 Å². The third-order valence-electron chi connectivity index (χ3n) is 4.68. The number of nitrogens with one attached hydrogen (secondary N) is 1. The SMILES string of the molecule is CNC(=O)C(C)c1c(C)n(C(=O)c2ccc(F)c(F)c2)c2ccc(O)cc12. The van der Waals surface area contributed by atoms with Gasteiger partial charge in [-0.25, -0.2) is 8.78 Å². The van der Waals surface area contributed by atoms with Crippen molar-refractivity contribution in [3.05, 3.63) is 64.9 Å². The molecule has 2 N–H and O–H groups in total. The van der Waals surface area contributed by atoms with Crippen LogP contribution in [0, 0.1) is 18.6 Å². The molecule has 0 saturated heterocycles. The molecule has 3 aromatic rings. The maximum atomic E-state index is 13.6. The Labute approximate surface area is 154 Å². The first kappa shape index (κ1) is 18.6. The van der Waals surface area contributed by atoms with E-state index in [4.69, 9.17) is 0 Å². The second-order valence-electron chi connectivity index (χ2n) is 6.31. The second kappa shape index (κ2) is 6.83. The summed E-state index contributed by atoms with van der Waals surface area (Å²) in [6.45, 7) is 3.36. The number of halogens is 2. The predicted octanol–water partition coefficient (Wildman–Crippen LogP) is 3.47. The van der Waals surface area contributed by atoms with Gasteiger partial charge in [-0.1, -0.05) is 0 Å². The Morgan fingerprint density at radius 1 is 1.11 bits per heavy atom. The Balaban J connectivity index is 2.27. The average molecular weight is 372 g/mol. The zero-order valence-corrected chi connectivity index (χ0v) is 15.0. The minimum atomic E-state index is -1.12. The molecule has 0 radical (unpaired) electrons. The Morgan fingerprint density at radius 3 is 2.44 bits per heavy atom. The topological polar surface area (TPSA) is 71.3 Å². The summed E-state index contributed by atoms with van der Waals surface area (Å²) in [5.41, 5.74) is 1.50. The standard InChI is InChI=1S/C20H18F2N2O3/c1-10(19(26)23-3)18-11(2)24(17-7-5-13(25)9-14(17)18)20(27)12-4-6-15(21)16(22)8-12/h4-10,25H,1-3H3,(H,23,26). The zero-order valence-electron chi connectivity index (χ0n) is 15.0. The number of amides is 1. The van der Waals surface area contributed by atoms with Crippen molar-refractivity contribution in [3.8, 4) is 5.75 Å². The highest BCUT2D eigenvalue weighted by Crippen LogP contribution is 2.34. The third-order valence-corrected chi connectivity index (χ3v) is 4.68. The van der Waals surface area contributed by atoms with Crippen molar-refractivity contribution >= 4 is 22.7 Å². The van der Waals surface area contributed by atoms with Crippen LogP contribution in [0.1, 0.15) is 34.5 Å². The molecule has 0 saturated carbocycles. The molecule has 0 bridgehead atoms. The molecule has 1 aromatic heterocycles. The van der Waals surface area contributed by atoms with Gasteiger partial charge >= 0.3 is 0 Å². The third kappa shape index (κ3) is 3.05. The van der Waals surface area contributed by atoms with Crippen molar-refractivity contribution in [2.24, 2.45) is 0 Å². The Hall–Kier alpha value is -3.22. The van der Waals surface area contributed by atoms with Crippen LogP contribution in [0.25, 0.3) is 10.9 Å². The highest BCUT2D eigenvalue weighted by molar-refractivity contribution is 6.05. The largest absolute Gasteiger partial charge is 0.508 e. The summed E-state index contributed by atoms with van der Waals surface area (Å²) in [6.07, 6.45) is 0. The van der Waals surface area contributed by atoms with Gasteiger partial charge in [-0.3, -0.25) is 14.2 Å². The van der Waals surface area contributed by atoms with Crippen LogP contribution in [0.5, 0.6) is 5.75 Å². The van der Waals surface area contributed by atoms with Crippen molar-refractivity contribution in [3.63, 3.8) is 0 Å². The van der Waals surface area contributed by atoms with Crippen LogP contribution in [-0.2, 0) is 4.79 Å². The molecule has 27 heavy (non-hydrogen) atoms. The lowest BCUT2D eigenvalue weighted by Crippen LogP contribution is -2.24. The van der Waals surface area contributed by atoms with Crippen molar-refractivity contribution in [1.29, 1.82) is 0 Å². The van der Waals surface area contributed by atoms with Gasteiger partial charge in [0.05, 0.1) is 11.4 Å². The molecule has 1 unspecified atom stereocenters. The summed E-state index contributed by atoms with van der Waals surface area (Å²) in [5, 5.41) is 13.0. The number of rotatable bonds is 3. The van der Waals surface area contributed by atoms with Crippen LogP contribution in [0.4, 0.5) is 8.78 Å². The first-order valence-electron chi connectivity index (χ1n) is 8.31. The van der Waals surface area contributed by atoms with Gasteiger partial charge in [-0.15, -0.1) is 0 Å². The van der Waals surface area contributed by atoms with Crippen molar-refractivity contribution in [1.82, 2.24) is 9.88 Å². The van der Waals surface area contributed by atoms with E-state index < -0.39 is 23.5 Å². The van der Waals surface area contributed by atoms with Crippen LogP contribution in [0.2, 0.25) is 0 Å². The highest BCUT2D eigenvalue weighted by atomic mass is 19.2. The number of aromatic hydroxyl groups is 1. The summed E-state index contributed by atoms with van der Waals surface area (Å²) >= 11 is 0. The van der Waals surface area contributed by atoms with Gasteiger partial charge in [0, 0.05) is 23.7 Å². The molecule has 0 spiro atoms. The second-order valence-corrected chi connectivity index (χ2v) is 6.31. The number of hydrogen-bond donors (Lipinski definition) is 2. The minimum absolute atomic E-state index is 0.00900. The van der Waals surface area contributed by atoms with Crippen molar-refractivity contribution in [2.75, 3.05) is 7.05 Å². The molecule has 1 amide bonds. The van der Waals surface area contributed by atoms with Gasteiger partial charge < -0.3 is 10.4 Å². The number of phenolic OH excluding ortho intramolecular Hbond substituents is 1. The molecule has 1 atom stereocenters. The van der Waals surface area contributed by atoms with E-state index in [1.165, 1.54) is 29.8 Å². The lowest BCUT2D eigenvalue weighted by molar-refractivity contribution is -0.121. The molecule has 1 heterocycles. The quantitative estimate of drug-likeness (QED) is 0.740. The van der Waals surface area contributed by atoms with Crippen molar-refractivity contribution in [2.45, 2.75) is 19.8 Å².